The van der Waals surface area contributed by atoms with Crippen LogP contribution in [0.5, 0.6) is 0 Å². The highest BCUT2D eigenvalue weighted by Crippen LogP contribution is 2.41. The molecule has 4 nitrogen and oxygen atoms in total. The Labute approximate surface area is 120 Å². The van der Waals surface area contributed by atoms with E-state index in [1.54, 1.807) is 0 Å². The maximum Gasteiger partial charge on any atom is 0.310 e. The molecule has 0 unspecified atom stereocenters. The molecule has 0 bridgehead atoms. The SMILES string of the molecule is O=C(CC1(C(=O)O)CCCC1)NCCC1=CCCCC1. The number of hydrogen-bond donors (Lipinski definition) is 2. The lowest BCUT2D eigenvalue weighted by atomic mass is 9.82. The molecule has 0 radical (unpaired) electrons. The first-order chi connectivity index (χ1) is 9.62. The van der Waals surface area contributed by atoms with Gasteiger partial charge in [0.15, 0.2) is 0 Å². The van der Waals surface area contributed by atoms with E-state index < -0.39 is 11.4 Å². The molecular weight excluding hydrogens is 254 g/mol. The van der Waals surface area contributed by atoms with E-state index in [0.29, 0.717) is 19.4 Å². The third-order valence-electron chi connectivity index (χ3n) is 4.67. The first-order valence-corrected chi connectivity index (χ1v) is 7.80. The van der Waals surface area contributed by atoms with Crippen molar-refractivity contribution in [2.45, 2.75) is 64.2 Å². The number of aliphatic carboxylic acids is 1. The molecule has 1 saturated carbocycles. The second kappa shape index (κ2) is 6.91. The van der Waals surface area contributed by atoms with Crippen LogP contribution < -0.4 is 5.32 Å². The van der Waals surface area contributed by atoms with Gasteiger partial charge >= 0.3 is 5.97 Å². The fourth-order valence-corrected chi connectivity index (χ4v) is 3.38. The van der Waals surface area contributed by atoms with Crippen LogP contribution >= 0.6 is 0 Å². The number of amides is 1. The number of carboxylic acid groups (broad SMARTS) is 1. The molecule has 0 heterocycles. The van der Waals surface area contributed by atoms with E-state index in [1.165, 1.54) is 18.4 Å². The Balaban J connectivity index is 1.74. The number of hydrogen-bond acceptors (Lipinski definition) is 2. The average molecular weight is 279 g/mol. The van der Waals surface area contributed by atoms with Crippen LogP contribution in [0.4, 0.5) is 0 Å². The van der Waals surface area contributed by atoms with Gasteiger partial charge in [-0.05, 0) is 44.9 Å². The van der Waals surface area contributed by atoms with Crippen molar-refractivity contribution >= 4 is 11.9 Å². The van der Waals surface area contributed by atoms with Crippen LogP contribution in [0.15, 0.2) is 11.6 Å². The average Bonchev–Trinajstić information content (AvgIpc) is 2.90. The minimum Gasteiger partial charge on any atom is -0.481 e. The third kappa shape index (κ3) is 3.84. The Morgan fingerprint density at radius 2 is 1.95 bits per heavy atom. The molecule has 0 spiro atoms. The van der Waals surface area contributed by atoms with Gasteiger partial charge in [-0.15, -0.1) is 0 Å². The summed E-state index contributed by atoms with van der Waals surface area (Å²) in [4.78, 5) is 23.3. The Hall–Kier alpha value is -1.32. The fourth-order valence-electron chi connectivity index (χ4n) is 3.38. The second-order valence-electron chi connectivity index (χ2n) is 6.18. The number of nitrogens with one attached hydrogen (secondary N) is 1. The maximum atomic E-state index is 12.0. The van der Waals surface area contributed by atoms with E-state index >= 15 is 0 Å². The molecule has 0 aliphatic heterocycles. The van der Waals surface area contributed by atoms with Crippen LogP contribution in [0, 0.1) is 5.41 Å². The van der Waals surface area contributed by atoms with E-state index in [0.717, 1.165) is 32.1 Å². The zero-order valence-corrected chi connectivity index (χ0v) is 12.1. The monoisotopic (exact) mass is 279 g/mol. The summed E-state index contributed by atoms with van der Waals surface area (Å²) >= 11 is 0. The van der Waals surface area contributed by atoms with E-state index in [9.17, 15) is 14.7 Å². The topological polar surface area (TPSA) is 66.4 Å². The Morgan fingerprint density at radius 3 is 2.55 bits per heavy atom. The smallest absolute Gasteiger partial charge is 0.310 e. The van der Waals surface area contributed by atoms with E-state index in [2.05, 4.69) is 11.4 Å². The first-order valence-electron chi connectivity index (χ1n) is 7.80. The normalized spacial score (nSPS) is 21.3. The minimum absolute atomic E-state index is 0.106. The van der Waals surface area contributed by atoms with E-state index in [1.807, 2.05) is 0 Å². The van der Waals surface area contributed by atoms with Crippen LogP contribution in [0.25, 0.3) is 0 Å². The molecule has 2 N–H and O–H groups in total. The van der Waals surface area contributed by atoms with Gasteiger partial charge in [-0.1, -0.05) is 24.5 Å². The summed E-state index contributed by atoms with van der Waals surface area (Å²) in [6.45, 7) is 0.639. The minimum atomic E-state index is -0.805. The lowest BCUT2D eigenvalue weighted by molar-refractivity contribution is -0.151. The van der Waals surface area contributed by atoms with Crippen molar-refractivity contribution < 1.29 is 14.7 Å². The molecule has 20 heavy (non-hydrogen) atoms. The van der Waals surface area contributed by atoms with Crippen molar-refractivity contribution in [1.82, 2.24) is 5.32 Å². The molecule has 0 aromatic heterocycles. The van der Waals surface area contributed by atoms with Gasteiger partial charge < -0.3 is 10.4 Å². The van der Waals surface area contributed by atoms with Gasteiger partial charge in [-0.2, -0.15) is 0 Å². The third-order valence-corrected chi connectivity index (χ3v) is 4.67. The Kier molecular flexibility index (Phi) is 5.21. The van der Waals surface area contributed by atoms with Gasteiger partial charge in [0, 0.05) is 13.0 Å². The van der Waals surface area contributed by atoms with Gasteiger partial charge in [0.05, 0.1) is 5.41 Å². The summed E-state index contributed by atoms with van der Waals surface area (Å²) in [5.41, 5.74) is 0.638. The van der Waals surface area contributed by atoms with Crippen LogP contribution in [0.2, 0.25) is 0 Å². The van der Waals surface area contributed by atoms with Crippen LogP contribution in [-0.2, 0) is 9.59 Å². The number of allylic oxidation sites excluding steroid dienone is 1. The largest absolute Gasteiger partial charge is 0.481 e. The van der Waals surface area contributed by atoms with Gasteiger partial charge in [0.25, 0.3) is 0 Å². The molecule has 2 aliphatic rings. The molecule has 4 heteroatoms. The van der Waals surface area contributed by atoms with Crippen molar-refractivity contribution in [3.05, 3.63) is 11.6 Å². The molecule has 1 amide bonds. The number of carbonyl (C=O) groups is 2. The molecule has 0 saturated heterocycles. The first kappa shape index (κ1) is 15.1. The van der Waals surface area contributed by atoms with Gasteiger partial charge in [0.2, 0.25) is 5.91 Å². The standard InChI is InChI=1S/C16H25NO3/c18-14(12-16(15(19)20)9-4-5-10-16)17-11-8-13-6-2-1-3-7-13/h6H,1-5,7-12H2,(H,17,18)(H,19,20). The van der Waals surface area contributed by atoms with Crippen LogP contribution in [-0.4, -0.2) is 23.5 Å². The van der Waals surface area contributed by atoms with Gasteiger partial charge in [-0.3, -0.25) is 9.59 Å². The van der Waals surface area contributed by atoms with Gasteiger partial charge in [-0.25, -0.2) is 0 Å². The lowest BCUT2D eigenvalue weighted by Crippen LogP contribution is -2.36. The predicted molar refractivity (Wildman–Crippen MR) is 77.3 cm³/mol. The second-order valence-corrected chi connectivity index (χ2v) is 6.18. The van der Waals surface area contributed by atoms with E-state index in [-0.39, 0.29) is 12.3 Å². The number of rotatable bonds is 6. The summed E-state index contributed by atoms with van der Waals surface area (Å²) in [6, 6.07) is 0. The quantitative estimate of drug-likeness (QED) is 0.734. The summed E-state index contributed by atoms with van der Waals surface area (Å²) in [6.07, 6.45) is 11.3. The highest BCUT2D eigenvalue weighted by atomic mass is 16.4. The highest BCUT2D eigenvalue weighted by molar-refractivity contribution is 5.85. The van der Waals surface area contributed by atoms with Crippen LogP contribution in [0.1, 0.15) is 64.2 Å². The maximum absolute atomic E-state index is 12.0. The highest BCUT2D eigenvalue weighted by Gasteiger charge is 2.42. The van der Waals surface area contributed by atoms with Gasteiger partial charge in [0.1, 0.15) is 0 Å². The van der Waals surface area contributed by atoms with Crippen molar-refractivity contribution in [3.8, 4) is 0 Å². The van der Waals surface area contributed by atoms with Crippen molar-refractivity contribution in [1.29, 1.82) is 0 Å². The molecule has 1 fully saturated rings. The Morgan fingerprint density at radius 1 is 1.20 bits per heavy atom. The molecule has 2 rings (SSSR count). The van der Waals surface area contributed by atoms with Crippen molar-refractivity contribution in [2.24, 2.45) is 5.41 Å². The number of carboxylic acids is 1. The molecule has 0 aromatic rings. The summed E-state index contributed by atoms with van der Waals surface area (Å²) in [5, 5.41) is 12.2. The lowest BCUT2D eigenvalue weighted by Gasteiger charge is -2.23. The summed E-state index contributed by atoms with van der Waals surface area (Å²) in [5.74, 6) is -0.911. The molecule has 0 aromatic carbocycles. The predicted octanol–water partition coefficient (Wildman–Crippen LogP) is 3.03. The summed E-state index contributed by atoms with van der Waals surface area (Å²) < 4.78 is 0. The number of carbonyl (C=O) groups excluding carboxylic acids is 1. The Bertz CT molecular complexity index is 395. The molecular formula is C16H25NO3. The van der Waals surface area contributed by atoms with E-state index in [4.69, 9.17) is 0 Å². The fraction of sp³-hybridized carbons (Fsp3) is 0.750. The van der Waals surface area contributed by atoms with Crippen LogP contribution in [0.3, 0.4) is 0 Å². The molecule has 2 aliphatic carbocycles. The zero-order valence-electron chi connectivity index (χ0n) is 12.1. The summed E-state index contributed by atoms with van der Waals surface area (Å²) in [7, 11) is 0. The zero-order chi connectivity index (χ0) is 14.4. The van der Waals surface area contributed by atoms with Crippen molar-refractivity contribution in [3.63, 3.8) is 0 Å². The molecule has 112 valence electrons. The molecule has 0 atom stereocenters. The van der Waals surface area contributed by atoms with Crippen molar-refractivity contribution in [2.75, 3.05) is 6.54 Å².